The lowest BCUT2D eigenvalue weighted by Gasteiger charge is -2.01. The molecule has 7 nitrogen and oxygen atoms in total. The van der Waals surface area contributed by atoms with Gasteiger partial charge in [0.25, 0.3) is 0 Å². The molecule has 2 N–H and O–H groups in total. The van der Waals surface area contributed by atoms with Gasteiger partial charge in [-0.25, -0.2) is 17.7 Å². The van der Waals surface area contributed by atoms with Crippen molar-refractivity contribution in [1.82, 2.24) is 19.3 Å². The maximum Gasteiger partial charge on any atom is 0.243 e. The summed E-state index contributed by atoms with van der Waals surface area (Å²) in [4.78, 5) is 4.21. The van der Waals surface area contributed by atoms with Crippen LogP contribution in [0.2, 0.25) is 0 Å². The fourth-order valence-electron chi connectivity index (χ4n) is 1.32. The standard InChI is InChI=1S/C9H13N5O2S/c1-17(15,16)11-6-5-10-9-12-8-4-2-3-7-14(8)13-9/h2-4,7,11H,5-6H2,1H3,(H,10,13). The second-order valence-electron chi connectivity index (χ2n) is 3.53. The van der Waals surface area contributed by atoms with Crippen LogP contribution in [0.5, 0.6) is 0 Å². The van der Waals surface area contributed by atoms with Gasteiger partial charge in [-0.3, -0.25) is 0 Å². The molecule has 0 aromatic carbocycles. The molecule has 0 atom stereocenters. The molecule has 17 heavy (non-hydrogen) atoms. The van der Waals surface area contributed by atoms with E-state index in [1.165, 1.54) is 0 Å². The molecule has 0 aliphatic carbocycles. The molecular weight excluding hydrogens is 242 g/mol. The number of hydrogen-bond acceptors (Lipinski definition) is 5. The summed E-state index contributed by atoms with van der Waals surface area (Å²) in [7, 11) is -3.14. The zero-order chi connectivity index (χ0) is 12.3. The molecule has 0 saturated heterocycles. The monoisotopic (exact) mass is 255 g/mol. The summed E-state index contributed by atoms with van der Waals surface area (Å²) in [6.07, 6.45) is 2.92. The first-order valence-corrected chi connectivity index (χ1v) is 6.94. The highest BCUT2D eigenvalue weighted by Gasteiger charge is 2.02. The van der Waals surface area contributed by atoms with Crippen LogP contribution in [0.15, 0.2) is 24.4 Å². The van der Waals surface area contributed by atoms with E-state index in [-0.39, 0.29) is 0 Å². The molecule has 0 unspecified atom stereocenters. The molecule has 0 aliphatic rings. The molecule has 2 aromatic rings. The van der Waals surface area contributed by atoms with E-state index < -0.39 is 10.0 Å². The number of nitrogens with zero attached hydrogens (tertiary/aromatic N) is 3. The Hall–Kier alpha value is -1.67. The molecule has 0 fully saturated rings. The third kappa shape index (κ3) is 3.40. The third-order valence-electron chi connectivity index (χ3n) is 2.01. The summed E-state index contributed by atoms with van der Waals surface area (Å²) in [5.41, 5.74) is 0.742. The highest BCUT2D eigenvalue weighted by molar-refractivity contribution is 7.88. The first-order chi connectivity index (χ1) is 8.04. The van der Waals surface area contributed by atoms with Gasteiger partial charge >= 0.3 is 0 Å². The average molecular weight is 255 g/mol. The van der Waals surface area contributed by atoms with Gasteiger partial charge in [-0.1, -0.05) is 6.07 Å². The van der Waals surface area contributed by atoms with Gasteiger partial charge in [0.1, 0.15) is 0 Å². The fourth-order valence-corrected chi connectivity index (χ4v) is 1.79. The van der Waals surface area contributed by atoms with Crippen molar-refractivity contribution in [2.24, 2.45) is 0 Å². The van der Waals surface area contributed by atoms with Crippen molar-refractivity contribution in [3.05, 3.63) is 24.4 Å². The van der Waals surface area contributed by atoms with E-state index in [9.17, 15) is 8.42 Å². The maximum absolute atomic E-state index is 10.8. The van der Waals surface area contributed by atoms with Crippen LogP contribution < -0.4 is 10.0 Å². The minimum absolute atomic E-state index is 0.300. The Labute approximate surface area is 98.9 Å². The Bertz CT molecular complexity index is 574. The number of fused-ring (bicyclic) bond motifs is 1. The molecule has 92 valence electrons. The SMILES string of the molecule is CS(=O)(=O)NCCNc1nc2ccccn2n1. The molecule has 2 heterocycles. The second kappa shape index (κ2) is 4.68. The van der Waals surface area contributed by atoms with Crippen LogP contribution in [-0.4, -0.2) is 42.4 Å². The molecule has 2 aromatic heterocycles. The molecule has 0 amide bonds. The number of hydrogen-bond donors (Lipinski definition) is 2. The Morgan fingerprint density at radius 2 is 2.18 bits per heavy atom. The first-order valence-electron chi connectivity index (χ1n) is 5.04. The van der Waals surface area contributed by atoms with Gasteiger partial charge < -0.3 is 5.32 Å². The van der Waals surface area contributed by atoms with Gasteiger partial charge in [-0.15, -0.1) is 5.10 Å². The Balaban J connectivity index is 1.91. The zero-order valence-corrected chi connectivity index (χ0v) is 10.1. The molecule has 8 heteroatoms. The predicted molar refractivity (Wildman–Crippen MR) is 64.3 cm³/mol. The summed E-state index contributed by atoms with van der Waals surface area (Å²) in [6, 6.07) is 5.57. The number of rotatable bonds is 5. The molecule has 0 radical (unpaired) electrons. The van der Waals surface area contributed by atoms with E-state index in [1.807, 2.05) is 18.2 Å². The van der Waals surface area contributed by atoms with E-state index >= 15 is 0 Å². The van der Waals surface area contributed by atoms with E-state index in [4.69, 9.17) is 0 Å². The van der Waals surface area contributed by atoms with Crippen LogP contribution in [-0.2, 0) is 10.0 Å². The van der Waals surface area contributed by atoms with E-state index in [0.29, 0.717) is 19.0 Å². The van der Waals surface area contributed by atoms with Crippen molar-refractivity contribution in [2.45, 2.75) is 0 Å². The molecule has 0 bridgehead atoms. The molecule has 2 rings (SSSR count). The summed E-state index contributed by atoms with van der Waals surface area (Å²) < 4.78 is 25.6. The van der Waals surface area contributed by atoms with E-state index in [0.717, 1.165) is 11.9 Å². The van der Waals surface area contributed by atoms with Crippen LogP contribution in [0.25, 0.3) is 5.65 Å². The Kier molecular flexibility index (Phi) is 3.25. The lowest BCUT2D eigenvalue weighted by Crippen LogP contribution is -2.27. The summed E-state index contributed by atoms with van der Waals surface area (Å²) in [5, 5.41) is 7.10. The number of pyridine rings is 1. The second-order valence-corrected chi connectivity index (χ2v) is 5.37. The van der Waals surface area contributed by atoms with Gasteiger partial charge in [-0.2, -0.15) is 4.98 Å². The summed E-state index contributed by atoms with van der Waals surface area (Å²) in [6.45, 7) is 0.734. The molecular formula is C9H13N5O2S. The smallest absolute Gasteiger partial charge is 0.243 e. The van der Waals surface area contributed by atoms with Gasteiger partial charge in [-0.05, 0) is 12.1 Å². The Morgan fingerprint density at radius 1 is 1.35 bits per heavy atom. The lowest BCUT2D eigenvalue weighted by atomic mass is 10.5. The number of sulfonamides is 1. The van der Waals surface area contributed by atoms with Crippen molar-refractivity contribution >= 4 is 21.6 Å². The van der Waals surface area contributed by atoms with Gasteiger partial charge in [0.2, 0.25) is 16.0 Å². The molecule has 0 spiro atoms. The van der Waals surface area contributed by atoms with E-state index in [2.05, 4.69) is 20.1 Å². The summed E-state index contributed by atoms with van der Waals surface area (Å²) in [5.74, 6) is 0.478. The predicted octanol–water partition coefficient (Wildman–Crippen LogP) is -0.310. The van der Waals surface area contributed by atoms with Gasteiger partial charge in [0, 0.05) is 19.3 Å². The average Bonchev–Trinajstić information content (AvgIpc) is 2.65. The van der Waals surface area contributed by atoms with Crippen LogP contribution in [0.3, 0.4) is 0 Å². The number of anilines is 1. The maximum atomic E-state index is 10.8. The first kappa shape index (κ1) is 11.8. The zero-order valence-electron chi connectivity index (χ0n) is 9.29. The van der Waals surface area contributed by atoms with Crippen molar-refractivity contribution in [3.8, 4) is 0 Å². The molecule has 0 aliphatic heterocycles. The van der Waals surface area contributed by atoms with Crippen molar-refractivity contribution in [3.63, 3.8) is 0 Å². The third-order valence-corrected chi connectivity index (χ3v) is 2.74. The normalized spacial score (nSPS) is 11.8. The highest BCUT2D eigenvalue weighted by Crippen LogP contribution is 2.03. The van der Waals surface area contributed by atoms with Crippen LogP contribution in [0, 0.1) is 0 Å². The van der Waals surface area contributed by atoms with Crippen molar-refractivity contribution < 1.29 is 8.42 Å². The van der Waals surface area contributed by atoms with Crippen LogP contribution >= 0.6 is 0 Å². The van der Waals surface area contributed by atoms with Crippen molar-refractivity contribution in [1.29, 1.82) is 0 Å². The van der Waals surface area contributed by atoms with E-state index in [1.54, 1.807) is 10.7 Å². The number of aromatic nitrogens is 3. The minimum atomic E-state index is -3.14. The fraction of sp³-hybridized carbons (Fsp3) is 0.333. The Morgan fingerprint density at radius 3 is 2.88 bits per heavy atom. The van der Waals surface area contributed by atoms with Gasteiger partial charge in [0.05, 0.1) is 6.26 Å². The van der Waals surface area contributed by atoms with Crippen LogP contribution in [0.4, 0.5) is 5.95 Å². The minimum Gasteiger partial charge on any atom is -0.352 e. The van der Waals surface area contributed by atoms with Gasteiger partial charge in [0.15, 0.2) is 5.65 Å². The summed E-state index contributed by atoms with van der Waals surface area (Å²) >= 11 is 0. The molecule has 0 saturated carbocycles. The van der Waals surface area contributed by atoms with Crippen molar-refractivity contribution in [2.75, 3.05) is 24.7 Å². The quantitative estimate of drug-likeness (QED) is 0.715. The largest absolute Gasteiger partial charge is 0.352 e. The lowest BCUT2D eigenvalue weighted by molar-refractivity contribution is 0.589. The topological polar surface area (TPSA) is 88.4 Å². The number of nitrogens with one attached hydrogen (secondary N) is 2. The highest BCUT2D eigenvalue weighted by atomic mass is 32.2. The van der Waals surface area contributed by atoms with Crippen LogP contribution in [0.1, 0.15) is 0 Å².